The summed E-state index contributed by atoms with van der Waals surface area (Å²) in [6.45, 7) is 0. The summed E-state index contributed by atoms with van der Waals surface area (Å²) in [6.07, 6.45) is 6.94. The van der Waals surface area contributed by atoms with Gasteiger partial charge in [-0.25, -0.2) is 15.0 Å². The van der Waals surface area contributed by atoms with E-state index in [1.54, 1.807) is 31.0 Å². The van der Waals surface area contributed by atoms with E-state index in [1.165, 1.54) is 0 Å². The molecular weight excluding hydrogens is 334 g/mol. The number of nitrogens with zero attached hydrogens (tertiary/aromatic N) is 7. The maximum atomic E-state index is 5.54. The van der Waals surface area contributed by atoms with E-state index in [9.17, 15) is 0 Å². The van der Waals surface area contributed by atoms with E-state index in [1.807, 2.05) is 21.7 Å². The molecule has 2 aliphatic heterocycles. The smallest absolute Gasteiger partial charge is 0.348 e. The molecule has 26 heavy (non-hydrogen) atoms. The maximum absolute atomic E-state index is 5.54. The summed E-state index contributed by atoms with van der Waals surface area (Å²) in [4.78, 5) is 13.5. The van der Waals surface area contributed by atoms with Crippen molar-refractivity contribution in [1.82, 2.24) is 19.7 Å². The van der Waals surface area contributed by atoms with Crippen LogP contribution in [0.15, 0.2) is 46.3 Å². The Morgan fingerprint density at radius 2 is 2.15 bits per heavy atom. The monoisotopic (exact) mass is 349 g/mol. The highest BCUT2D eigenvalue weighted by Crippen LogP contribution is 2.48. The number of aliphatic imine (C=N–C) groups is 1. The van der Waals surface area contributed by atoms with Gasteiger partial charge in [-0.1, -0.05) is 23.4 Å². The van der Waals surface area contributed by atoms with Crippen LogP contribution in [0.5, 0.6) is 0 Å². The minimum atomic E-state index is -0.395. The fourth-order valence-electron chi connectivity index (χ4n) is 3.65. The molecule has 0 spiro atoms. The number of ether oxygens (including phenoxy) is 1. The van der Waals surface area contributed by atoms with E-state index in [0.29, 0.717) is 11.8 Å². The molecule has 130 valence electrons. The molecular formula is C17H15N7O2. The Balaban J connectivity index is 1.44. The minimum absolute atomic E-state index is 0.192. The Kier molecular flexibility index (Phi) is 2.53. The van der Waals surface area contributed by atoms with Crippen LogP contribution in [0, 0.1) is 0 Å². The Morgan fingerprint density at radius 1 is 1.27 bits per heavy atom. The van der Waals surface area contributed by atoms with Gasteiger partial charge in [-0.15, -0.1) is 0 Å². The second-order valence-electron chi connectivity index (χ2n) is 6.61. The van der Waals surface area contributed by atoms with Gasteiger partial charge >= 0.3 is 6.01 Å². The van der Waals surface area contributed by atoms with Crippen LogP contribution in [0.4, 0.5) is 11.8 Å². The first kappa shape index (κ1) is 14.0. The van der Waals surface area contributed by atoms with Crippen LogP contribution < -0.4 is 10.0 Å². The first-order valence-electron chi connectivity index (χ1n) is 8.43. The molecule has 0 saturated heterocycles. The lowest BCUT2D eigenvalue weighted by Crippen LogP contribution is -2.42. The van der Waals surface area contributed by atoms with Crippen LogP contribution in [0.25, 0.3) is 5.69 Å². The van der Waals surface area contributed by atoms with Gasteiger partial charge in [0, 0.05) is 12.7 Å². The second-order valence-corrected chi connectivity index (χ2v) is 6.61. The van der Waals surface area contributed by atoms with Gasteiger partial charge in [0.25, 0.3) is 0 Å². The molecule has 1 unspecified atom stereocenters. The molecule has 1 saturated carbocycles. The molecule has 0 N–H and O–H groups in total. The molecule has 1 aliphatic carbocycles. The van der Waals surface area contributed by atoms with Gasteiger partial charge < -0.3 is 9.26 Å². The summed E-state index contributed by atoms with van der Waals surface area (Å²) >= 11 is 0. The van der Waals surface area contributed by atoms with Gasteiger partial charge in [0.15, 0.2) is 12.0 Å². The lowest BCUT2D eigenvalue weighted by atomic mass is 10.1. The Bertz CT molecular complexity index is 1040. The Hall–Kier alpha value is -3.20. The topological polar surface area (TPSA) is 84.8 Å². The number of para-hydroxylation sites is 1. The van der Waals surface area contributed by atoms with E-state index < -0.39 is 5.60 Å². The van der Waals surface area contributed by atoms with Crippen LogP contribution in [-0.4, -0.2) is 33.1 Å². The zero-order chi connectivity index (χ0) is 17.3. The summed E-state index contributed by atoms with van der Waals surface area (Å²) in [5.41, 5.74) is 1.77. The van der Waals surface area contributed by atoms with Crippen LogP contribution in [-0.2, 0) is 10.3 Å². The van der Waals surface area contributed by atoms with Gasteiger partial charge in [-0.05, 0) is 18.9 Å². The number of methoxy groups -OCH3 is 1. The predicted molar refractivity (Wildman–Crippen MR) is 92.0 cm³/mol. The van der Waals surface area contributed by atoms with E-state index in [2.05, 4.69) is 32.2 Å². The largest absolute Gasteiger partial charge is 0.370 e. The molecule has 0 amide bonds. The van der Waals surface area contributed by atoms with Crippen LogP contribution in [0.2, 0.25) is 0 Å². The summed E-state index contributed by atoms with van der Waals surface area (Å²) in [5, 5.41) is 7.90. The zero-order valence-corrected chi connectivity index (χ0v) is 14.0. The lowest BCUT2D eigenvalue weighted by Gasteiger charge is -2.35. The molecule has 3 aromatic rings. The molecule has 4 heterocycles. The zero-order valence-electron chi connectivity index (χ0n) is 14.0. The number of hydrogen-bond acceptors (Lipinski definition) is 8. The molecule has 0 radical (unpaired) electrons. The summed E-state index contributed by atoms with van der Waals surface area (Å²) in [6, 6.07) is 8.52. The van der Waals surface area contributed by atoms with Gasteiger partial charge in [0.1, 0.15) is 18.3 Å². The third-order valence-corrected chi connectivity index (χ3v) is 5.22. The molecule has 1 atom stereocenters. The fourth-order valence-corrected chi connectivity index (χ4v) is 3.65. The van der Waals surface area contributed by atoms with E-state index in [4.69, 9.17) is 9.26 Å². The maximum Gasteiger partial charge on any atom is 0.348 e. The first-order valence-corrected chi connectivity index (χ1v) is 8.43. The molecule has 9 heteroatoms. The molecule has 3 aliphatic rings. The molecule has 1 fully saturated rings. The van der Waals surface area contributed by atoms with Crippen LogP contribution in [0.1, 0.15) is 30.4 Å². The highest BCUT2D eigenvalue weighted by atomic mass is 16.5. The normalized spacial score (nSPS) is 21.5. The van der Waals surface area contributed by atoms with Crippen molar-refractivity contribution in [3.8, 4) is 5.69 Å². The summed E-state index contributed by atoms with van der Waals surface area (Å²) in [7, 11) is 1.68. The third-order valence-electron chi connectivity index (χ3n) is 5.22. The SMILES string of the molecule is COC1(c2noc(N3C=NC4c5ccccc5-n5cncc5N43)n2)CC1. The lowest BCUT2D eigenvalue weighted by molar-refractivity contribution is 0.0689. The van der Waals surface area contributed by atoms with Gasteiger partial charge in [0.05, 0.1) is 11.9 Å². The van der Waals surface area contributed by atoms with Crippen molar-refractivity contribution in [1.29, 1.82) is 0 Å². The van der Waals surface area contributed by atoms with Crippen LogP contribution >= 0.6 is 0 Å². The summed E-state index contributed by atoms with van der Waals surface area (Å²) < 4.78 is 13.1. The molecule has 0 bridgehead atoms. The van der Waals surface area contributed by atoms with Crippen molar-refractivity contribution < 1.29 is 9.26 Å². The number of fused-ring (bicyclic) bond motifs is 6. The Morgan fingerprint density at radius 3 is 3.00 bits per heavy atom. The highest BCUT2D eigenvalue weighted by Gasteiger charge is 2.50. The van der Waals surface area contributed by atoms with Gasteiger partial charge in [-0.2, -0.15) is 9.99 Å². The number of imidazole rings is 1. The number of hydrogen-bond donors (Lipinski definition) is 0. The minimum Gasteiger partial charge on any atom is -0.370 e. The number of benzene rings is 1. The predicted octanol–water partition coefficient (Wildman–Crippen LogP) is 2.17. The molecule has 6 rings (SSSR count). The summed E-state index contributed by atoms with van der Waals surface area (Å²) in [5.74, 6) is 1.47. The quantitative estimate of drug-likeness (QED) is 0.716. The number of hydrazine groups is 1. The Labute approximate surface area is 148 Å². The standard InChI is InChI=1S/C17H15N7O2/c1-25-17(6-7-17)15-20-16(26-21-15)23-10-19-14-11-4-2-3-5-12(11)22-9-18-8-13(22)24(14)23/h2-5,8-10,14H,6-7H2,1H3. The van der Waals surface area contributed by atoms with Crippen LogP contribution in [0.3, 0.4) is 0 Å². The molecule has 1 aromatic carbocycles. The third kappa shape index (κ3) is 1.67. The van der Waals surface area contributed by atoms with Crippen molar-refractivity contribution in [2.45, 2.75) is 24.6 Å². The van der Waals surface area contributed by atoms with Crippen molar-refractivity contribution in [2.75, 3.05) is 17.1 Å². The van der Waals surface area contributed by atoms with Crippen molar-refractivity contribution in [2.24, 2.45) is 4.99 Å². The first-order chi connectivity index (χ1) is 12.8. The van der Waals surface area contributed by atoms with E-state index in [-0.39, 0.29) is 6.17 Å². The van der Waals surface area contributed by atoms with E-state index in [0.717, 1.165) is 29.9 Å². The molecule has 2 aromatic heterocycles. The fraction of sp³-hybridized carbons (Fsp3) is 0.294. The molecule has 9 nitrogen and oxygen atoms in total. The van der Waals surface area contributed by atoms with Gasteiger partial charge in [0.2, 0.25) is 5.82 Å². The van der Waals surface area contributed by atoms with Crippen molar-refractivity contribution in [3.05, 3.63) is 48.2 Å². The number of rotatable bonds is 3. The number of anilines is 2. The van der Waals surface area contributed by atoms with Crippen molar-refractivity contribution >= 4 is 18.2 Å². The average molecular weight is 349 g/mol. The van der Waals surface area contributed by atoms with E-state index >= 15 is 0 Å². The highest BCUT2D eigenvalue weighted by molar-refractivity contribution is 5.84. The number of aromatic nitrogens is 4. The van der Waals surface area contributed by atoms with Gasteiger partial charge in [-0.3, -0.25) is 4.57 Å². The average Bonchev–Trinajstić information content (AvgIpc) is 3.09. The second kappa shape index (κ2) is 4.70. The van der Waals surface area contributed by atoms with Crippen molar-refractivity contribution in [3.63, 3.8) is 0 Å².